The predicted molar refractivity (Wildman–Crippen MR) is 143 cm³/mol. The van der Waals surface area contributed by atoms with Crippen LogP contribution in [0.15, 0.2) is 42.6 Å². The van der Waals surface area contributed by atoms with Crippen molar-refractivity contribution in [2.75, 3.05) is 34.4 Å². The van der Waals surface area contributed by atoms with Gasteiger partial charge in [-0.1, -0.05) is 12.1 Å². The van der Waals surface area contributed by atoms with Gasteiger partial charge in [0.25, 0.3) is 0 Å². The first-order chi connectivity index (χ1) is 17.9. The molecule has 0 aliphatic carbocycles. The molecule has 9 nitrogen and oxygen atoms in total. The summed E-state index contributed by atoms with van der Waals surface area (Å²) in [5.41, 5.74) is 3.07. The normalized spacial score (nSPS) is 16.6. The quantitative estimate of drug-likeness (QED) is 0.455. The Labute approximate surface area is 222 Å². The number of carbonyl (C=O) groups is 3. The Morgan fingerprint density at radius 1 is 1.05 bits per heavy atom. The van der Waals surface area contributed by atoms with E-state index < -0.39 is 23.7 Å². The van der Waals surface area contributed by atoms with Crippen molar-refractivity contribution < 1.29 is 28.6 Å². The zero-order chi connectivity index (χ0) is 27.8. The van der Waals surface area contributed by atoms with Crippen LogP contribution in [0.2, 0.25) is 0 Å². The third-order valence-electron chi connectivity index (χ3n) is 6.75. The summed E-state index contributed by atoms with van der Waals surface area (Å²) in [6.07, 6.45) is 1.26. The Bertz CT molecular complexity index is 1370. The van der Waals surface area contributed by atoms with Crippen LogP contribution in [0, 0.1) is 6.92 Å². The van der Waals surface area contributed by atoms with Crippen LogP contribution in [0.25, 0.3) is 10.9 Å². The van der Waals surface area contributed by atoms with Crippen LogP contribution in [0.3, 0.4) is 0 Å². The summed E-state index contributed by atoms with van der Waals surface area (Å²) >= 11 is 0. The molecule has 1 atom stereocenters. The van der Waals surface area contributed by atoms with Crippen molar-refractivity contribution in [1.82, 2.24) is 14.4 Å². The van der Waals surface area contributed by atoms with Gasteiger partial charge in [0.1, 0.15) is 17.4 Å². The Morgan fingerprint density at radius 2 is 1.74 bits per heavy atom. The minimum absolute atomic E-state index is 0.0317. The van der Waals surface area contributed by atoms with Gasteiger partial charge in [0.05, 0.1) is 25.3 Å². The van der Waals surface area contributed by atoms with Crippen LogP contribution in [0.5, 0.6) is 5.75 Å². The van der Waals surface area contributed by atoms with Crippen molar-refractivity contribution in [2.24, 2.45) is 0 Å². The number of likely N-dealkylation sites (N-methyl/N-ethyl adjacent to an activating group) is 1. The minimum Gasteiger partial charge on any atom is -0.496 e. The van der Waals surface area contributed by atoms with Crippen LogP contribution < -0.4 is 4.74 Å². The molecule has 1 amide bonds. The molecule has 1 saturated heterocycles. The predicted octanol–water partition coefficient (Wildman–Crippen LogP) is 4.54. The van der Waals surface area contributed by atoms with Gasteiger partial charge in [-0.2, -0.15) is 0 Å². The third kappa shape index (κ3) is 5.24. The first-order valence-corrected chi connectivity index (χ1v) is 12.5. The topological polar surface area (TPSA) is 90.3 Å². The molecule has 0 saturated carbocycles. The van der Waals surface area contributed by atoms with E-state index in [0.717, 1.165) is 27.6 Å². The monoisotopic (exact) mass is 521 g/mol. The molecule has 1 aliphatic heterocycles. The number of methoxy groups -OCH3 is 2. The number of hydrogen-bond acceptors (Lipinski definition) is 7. The van der Waals surface area contributed by atoms with Crippen molar-refractivity contribution >= 4 is 28.9 Å². The summed E-state index contributed by atoms with van der Waals surface area (Å²) in [6.45, 7) is 9.06. The van der Waals surface area contributed by atoms with Gasteiger partial charge in [0.15, 0.2) is 0 Å². The second kappa shape index (κ2) is 10.5. The first-order valence-electron chi connectivity index (χ1n) is 12.5. The van der Waals surface area contributed by atoms with Gasteiger partial charge >= 0.3 is 12.1 Å². The maximum absolute atomic E-state index is 13.4. The number of aryl methyl sites for hydroxylation is 1. The summed E-state index contributed by atoms with van der Waals surface area (Å²) in [5, 5.41) is 0.860. The van der Waals surface area contributed by atoms with Gasteiger partial charge in [0, 0.05) is 43.8 Å². The molecule has 1 aromatic heterocycles. The van der Waals surface area contributed by atoms with E-state index in [0.29, 0.717) is 30.9 Å². The lowest BCUT2D eigenvalue weighted by Gasteiger charge is -2.39. The molecule has 0 radical (unpaired) electrons. The van der Waals surface area contributed by atoms with Crippen LogP contribution in [0.4, 0.5) is 4.79 Å². The molecule has 38 heavy (non-hydrogen) atoms. The van der Waals surface area contributed by atoms with Gasteiger partial charge < -0.3 is 19.1 Å². The molecule has 2 aromatic carbocycles. The fourth-order valence-electron chi connectivity index (χ4n) is 4.90. The number of ether oxygens (including phenoxy) is 3. The van der Waals surface area contributed by atoms with E-state index in [1.54, 1.807) is 49.5 Å². The maximum atomic E-state index is 13.4. The van der Waals surface area contributed by atoms with E-state index in [-0.39, 0.29) is 5.91 Å². The lowest BCUT2D eigenvalue weighted by atomic mass is 9.98. The van der Waals surface area contributed by atoms with Gasteiger partial charge in [-0.15, -0.1) is 0 Å². The molecule has 9 heteroatoms. The number of aromatic nitrogens is 1. The number of hydrogen-bond donors (Lipinski definition) is 0. The molecule has 0 unspecified atom stereocenters. The average molecular weight is 522 g/mol. The summed E-state index contributed by atoms with van der Waals surface area (Å²) in [6, 6.07) is 10.2. The number of amides is 1. The highest BCUT2D eigenvalue weighted by molar-refractivity contribution is 5.95. The molecule has 1 fully saturated rings. The van der Waals surface area contributed by atoms with Crippen molar-refractivity contribution in [1.29, 1.82) is 0 Å². The van der Waals surface area contributed by atoms with Crippen LogP contribution in [0.1, 0.15) is 53.9 Å². The Morgan fingerprint density at radius 3 is 2.34 bits per heavy atom. The molecular formula is C29H35N3O6. The smallest absolute Gasteiger partial charge is 0.419 e. The highest BCUT2D eigenvalue weighted by Crippen LogP contribution is 2.36. The second-order valence-corrected chi connectivity index (χ2v) is 10.5. The van der Waals surface area contributed by atoms with Crippen molar-refractivity contribution in [2.45, 2.75) is 45.9 Å². The maximum Gasteiger partial charge on any atom is 0.419 e. The second-order valence-electron chi connectivity index (χ2n) is 10.5. The fraction of sp³-hybridized carbons (Fsp3) is 0.414. The van der Waals surface area contributed by atoms with Gasteiger partial charge in [-0.3, -0.25) is 14.3 Å². The van der Waals surface area contributed by atoms with E-state index in [4.69, 9.17) is 14.2 Å². The van der Waals surface area contributed by atoms with Crippen molar-refractivity contribution in [3.05, 3.63) is 64.8 Å². The lowest BCUT2D eigenvalue weighted by Crippen LogP contribution is -2.50. The molecule has 0 spiro atoms. The summed E-state index contributed by atoms with van der Waals surface area (Å²) in [5.74, 6) is 0.223. The Balaban J connectivity index is 1.76. The Kier molecular flexibility index (Phi) is 7.51. The summed E-state index contributed by atoms with van der Waals surface area (Å²) in [4.78, 5) is 42.1. The van der Waals surface area contributed by atoms with E-state index in [2.05, 4.69) is 4.90 Å². The van der Waals surface area contributed by atoms with E-state index in [9.17, 15) is 14.4 Å². The van der Waals surface area contributed by atoms with Crippen molar-refractivity contribution in [3.8, 4) is 5.75 Å². The number of esters is 1. The van der Waals surface area contributed by atoms with Crippen molar-refractivity contribution in [3.63, 3.8) is 0 Å². The number of piperazine rings is 1. The molecule has 1 aliphatic rings. The van der Waals surface area contributed by atoms with E-state index >= 15 is 0 Å². The minimum atomic E-state index is -0.631. The fourth-order valence-corrected chi connectivity index (χ4v) is 4.90. The van der Waals surface area contributed by atoms with Gasteiger partial charge in [-0.05, 0) is 63.1 Å². The zero-order valence-electron chi connectivity index (χ0n) is 23.0. The summed E-state index contributed by atoms with van der Waals surface area (Å²) < 4.78 is 17.7. The highest BCUT2D eigenvalue weighted by atomic mass is 16.6. The lowest BCUT2D eigenvalue weighted by molar-refractivity contribution is -0.140. The largest absolute Gasteiger partial charge is 0.496 e. The molecule has 202 valence electrons. The Hall–Kier alpha value is -3.85. The number of nitrogens with zero attached hydrogens (tertiary/aromatic N) is 3. The zero-order valence-corrected chi connectivity index (χ0v) is 23.0. The number of carbonyl (C=O) groups excluding carboxylic acids is 3. The standard InChI is InChI=1S/C29H35N3O6/c1-18-16-23(36-6)22(21-12-13-32(24(18)21)28(35)38-29(2,3)4)17-31-15-14-30(5)26(33)25(31)19-8-10-20(11-9-19)27(34)37-7/h8-13,16,25H,14-15,17H2,1-7H3/t25-/m1/s1. The van der Waals surface area contributed by atoms with E-state index in [1.165, 1.54) is 11.7 Å². The summed E-state index contributed by atoms with van der Waals surface area (Å²) in [7, 11) is 4.75. The molecule has 2 heterocycles. The SMILES string of the molecule is COC(=O)c1ccc([C@@H]2C(=O)N(C)CCN2Cc2c(OC)cc(C)c3c2ccn3C(=O)OC(C)(C)C)cc1. The first kappa shape index (κ1) is 27.2. The highest BCUT2D eigenvalue weighted by Gasteiger charge is 2.35. The van der Waals surface area contributed by atoms with Crippen LogP contribution in [-0.2, 0) is 20.8 Å². The molecule has 3 aromatic rings. The van der Waals surface area contributed by atoms with Crippen LogP contribution >= 0.6 is 0 Å². The molecular weight excluding hydrogens is 486 g/mol. The third-order valence-corrected chi connectivity index (χ3v) is 6.75. The number of benzene rings is 2. The van der Waals surface area contributed by atoms with Crippen LogP contribution in [-0.4, -0.2) is 72.3 Å². The molecule has 0 bridgehead atoms. The molecule has 0 N–H and O–H groups in total. The average Bonchev–Trinajstić information content (AvgIpc) is 3.33. The van der Waals surface area contributed by atoms with Gasteiger partial charge in [-0.25, -0.2) is 9.59 Å². The van der Waals surface area contributed by atoms with E-state index in [1.807, 2.05) is 39.8 Å². The number of rotatable bonds is 5. The molecule has 4 rings (SSSR count). The van der Waals surface area contributed by atoms with Gasteiger partial charge in [0.2, 0.25) is 5.91 Å². The number of fused-ring (bicyclic) bond motifs is 1.